The molecule has 1 aromatic heterocycles. The number of benzene rings is 2. The first-order valence-corrected chi connectivity index (χ1v) is 12.3. The van der Waals surface area contributed by atoms with Crippen molar-refractivity contribution in [2.45, 2.75) is 64.1 Å². The number of hydrogen-bond acceptors (Lipinski definition) is 5. The molecule has 33 heavy (non-hydrogen) atoms. The molecule has 0 bridgehead atoms. The van der Waals surface area contributed by atoms with Crippen LogP contribution in [0.4, 0.5) is 0 Å². The Hall–Kier alpha value is -2.63. The second-order valence-corrected chi connectivity index (χ2v) is 9.42. The lowest BCUT2D eigenvalue weighted by Crippen LogP contribution is -2.57. The van der Waals surface area contributed by atoms with E-state index in [-0.39, 0.29) is 5.92 Å². The van der Waals surface area contributed by atoms with E-state index in [1.54, 1.807) is 0 Å². The van der Waals surface area contributed by atoms with E-state index in [1.165, 1.54) is 12.8 Å². The molecule has 0 radical (unpaired) electrons. The van der Waals surface area contributed by atoms with Gasteiger partial charge in [-0.25, -0.2) is 4.98 Å². The van der Waals surface area contributed by atoms with Crippen molar-refractivity contribution in [3.05, 3.63) is 71.6 Å². The Morgan fingerprint density at radius 2 is 1.85 bits per heavy atom. The lowest BCUT2D eigenvalue weighted by Gasteiger charge is -2.52. The van der Waals surface area contributed by atoms with E-state index < -0.39 is 5.60 Å². The Bertz CT molecular complexity index is 1080. The van der Waals surface area contributed by atoms with Crippen molar-refractivity contribution >= 4 is 0 Å². The molecular weight excluding hydrogens is 412 g/mol. The van der Waals surface area contributed by atoms with E-state index in [0.29, 0.717) is 18.5 Å². The van der Waals surface area contributed by atoms with Gasteiger partial charge < -0.3 is 14.3 Å². The molecule has 0 amide bonds. The van der Waals surface area contributed by atoms with Gasteiger partial charge in [0.1, 0.15) is 11.5 Å². The van der Waals surface area contributed by atoms with E-state index >= 15 is 0 Å². The summed E-state index contributed by atoms with van der Waals surface area (Å²) < 4.78 is 11.9. The van der Waals surface area contributed by atoms with Crippen molar-refractivity contribution in [3.63, 3.8) is 0 Å². The third-order valence-electron chi connectivity index (χ3n) is 7.53. The van der Waals surface area contributed by atoms with Gasteiger partial charge in [0.05, 0.1) is 23.5 Å². The number of para-hydroxylation sites is 1. The van der Waals surface area contributed by atoms with Crippen LogP contribution in [0, 0.1) is 12.8 Å². The van der Waals surface area contributed by atoms with Gasteiger partial charge in [-0.15, -0.1) is 0 Å². The number of aliphatic hydroxyl groups is 1. The fourth-order valence-electron chi connectivity index (χ4n) is 5.86. The number of aryl methyl sites for hydroxylation is 1. The van der Waals surface area contributed by atoms with Crippen molar-refractivity contribution < 1.29 is 14.3 Å². The second kappa shape index (κ2) is 9.32. The molecule has 5 heteroatoms. The minimum Gasteiger partial charge on any atom is -0.493 e. The van der Waals surface area contributed by atoms with Crippen molar-refractivity contribution in [2.75, 3.05) is 13.2 Å². The van der Waals surface area contributed by atoms with E-state index in [4.69, 9.17) is 14.1 Å². The molecule has 1 N–H and O–H groups in total. The fourth-order valence-corrected chi connectivity index (χ4v) is 5.86. The maximum atomic E-state index is 11.8. The fraction of sp³-hybridized carbons (Fsp3) is 0.464. The number of piperidine rings is 1. The summed E-state index contributed by atoms with van der Waals surface area (Å²) in [5.41, 5.74) is 2.18. The zero-order valence-electron chi connectivity index (χ0n) is 19.7. The van der Waals surface area contributed by atoms with Crippen LogP contribution in [-0.4, -0.2) is 34.2 Å². The van der Waals surface area contributed by atoms with Crippen LogP contribution < -0.4 is 4.74 Å². The van der Waals surface area contributed by atoms with Gasteiger partial charge in [-0.2, -0.15) is 0 Å². The first kappa shape index (κ1) is 22.2. The second-order valence-electron chi connectivity index (χ2n) is 9.42. The SMILES string of the molecule is CCOc1ccccc1-c1nc(CN2CC[C@](O)(c3ccccc3)[C@@H]3CCCC[C@H]32)c(C)o1. The summed E-state index contributed by atoms with van der Waals surface area (Å²) in [4.78, 5) is 7.43. The summed E-state index contributed by atoms with van der Waals surface area (Å²) in [6.45, 7) is 6.18. The third-order valence-corrected chi connectivity index (χ3v) is 7.53. The van der Waals surface area contributed by atoms with Crippen LogP contribution in [-0.2, 0) is 12.1 Å². The number of aromatic nitrogens is 1. The van der Waals surface area contributed by atoms with E-state index in [1.807, 2.05) is 56.3 Å². The molecule has 0 spiro atoms. The standard InChI is InChI=1S/C28H34N2O3/c1-3-32-26-16-10-7-13-22(26)27-29-24(20(2)33-27)19-30-18-17-28(31,21-11-5-4-6-12-21)23-14-8-9-15-25(23)30/h4-7,10-13,16,23,25,31H,3,8-9,14-15,17-19H2,1-2H3/t23-,25-,28+/m1/s1. The molecule has 1 saturated carbocycles. The number of rotatable bonds is 6. The number of hydrogen-bond donors (Lipinski definition) is 1. The van der Waals surface area contributed by atoms with Gasteiger partial charge in [-0.3, -0.25) is 4.90 Å². The first-order chi connectivity index (χ1) is 16.1. The summed E-state index contributed by atoms with van der Waals surface area (Å²) in [6, 6.07) is 18.5. The average Bonchev–Trinajstić information content (AvgIpc) is 3.22. The monoisotopic (exact) mass is 446 g/mol. The Morgan fingerprint density at radius 3 is 2.67 bits per heavy atom. The molecule has 5 nitrogen and oxygen atoms in total. The molecule has 5 rings (SSSR count). The van der Waals surface area contributed by atoms with Gasteiger partial charge in [0, 0.05) is 25.0 Å². The van der Waals surface area contributed by atoms with Crippen LogP contribution in [0.15, 0.2) is 59.0 Å². The van der Waals surface area contributed by atoms with Gasteiger partial charge in [0.15, 0.2) is 0 Å². The minimum absolute atomic E-state index is 0.243. The molecule has 2 aromatic carbocycles. The highest BCUT2D eigenvalue weighted by atomic mass is 16.5. The highest BCUT2D eigenvalue weighted by Crippen LogP contribution is 2.47. The van der Waals surface area contributed by atoms with E-state index in [9.17, 15) is 5.11 Å². The summed E-state index contributed by atoms with van der Waals surface area (Å²) in [6.07, 6.45) is 5.34. The van der Waals surface area contributed by atoms with Crippen molar-refractivity contribution in [3.8, 4) is 17.2 Å². The largest absolute Gasteiger partial charge is 0.493 e. The summed E-state index contributed by atoms with van der Waals surface area (Å²) in [5.74, 6) is 2.51. The molecule has 1 aliphatic heterocycles. The van der Waals surface area contributed by atoms with Gasteiger partial charge in [-0.05, 0) is 50.8 Å². The number of fused-ring (bicyclic) bond motifs is 1. The molecule has 3 aromatic rings. The lowest BCUT2D eigenvalue weighted by molar-refractivity contribution is -0.123. The maximum absolute atomic E-state index is 11.8. The number of likely N-dealkylation sites (tertiary alicyclic amines) is 1. The van der Waals surface area contributed by atoms with Gasteiger partial charge in [-0.1, -0.05) is 55.3 Å². The minimum atomic E-state index is -0.747. The number of nitrogens with zero attached hydrogens (tertiary/aromatic N) is 2. The predicted molar refractivity (Wildman–Crippen MR) is 129 cm³/mol. The van der Waals surface area contributed by atoms with Gasteiger partial charge in [0.25, 0.3) is 0 Å². The molecule has 2 aliphatic rings. The van der Waals surface area contributed by atoms with E-state index in [0.717, 1.165) is 60.7 Å². The third kappa shape index (κ3) is 4.20. The van der Waals surface area contributed by atoms with Crippen LogP contribution in [0.2, 0.25) is 0 Å². The molecule has 174 valence electrons. The summed E-state index contributed by atoms with van der Waals surface area (Å²) in [7, 11) is 0. The normalized spacial score (nSPS) is 25.5. The van der Waals surface area contributed by atoms with Crippen LogP contribution in [0.25, 0.3) is 11.5 Å². The molecule has 3 atom stereocenters. The van der Waals surface area contributed by atoms with Crippen LogP contribution in [0.1, 0.15) is 56.0 Å². The van der Waals surface area contributed by atoms with Crippen LogP contribution >= 0.6 is 0 Å². The number of oxazole rings is 1. The lowest BCUT2D eigenvalue weighted by atomic mass is 9.66. The Kier molecular flexibility index (Phi) is 6.26. The Balaban J connectivity index is 1.40. The molecule has 1 saturated heterocycles. The van der Waals surface area contributed by atoms with Crippen molar-refractivity contribution in [2.24, 2.45) is 5.92 Å². The van der Waals surface area contributed by atoms with Gasteiger partial charge in [0.2, 0.25) is 5.89 Å². The van der Waals surface area contributed by atoms with Crippen molar-refractivity contribution in [1.82, 2.24) is 9.88 Å². The van der Waals surface area contributed by atoms with Crippen molar-refractivity contribution in [1.29, 1.82) is 0 Å². The number of ether oxygens (including phenoxy) is 1. The maximum Gasteiger partial charge on any atom is 0.230 e. The Labute approximate surface area is 196 Å². The molecule has 1 aliphatic carbocycles. The summed E-state index contributed by atoms with van der Waals surface area (Å²) >= 11 is 0. The van der Waals surface area contributed by atoms with E-state index in [2.05, 4.69) is 17.0 Å². The Morgan fingerprint density at radius 1 is 1.09 bits per heavy atom. The first-order valence-electron chi connectivity index (χ1n) is 12.3. The topological polar surface area (TPSA) is 58.7 Å². The van der Waals surface area contributed by atoms with Gasteiger partial charge >= 0.3 is 0 Å². The predicted octanol–water partition coefficient (Wildman–Crippen LogP) is 5.70. The quantitative estimate of drug-likeness (QED) is 0.526. The highest BCUT2D eigenvalue weighted by Gasteiger charge is 2.49. The zero-order chi connectivity index (χ0) is 22.8. The molecule has 2 fully saturated rings. The molecular formula is C28H34N2O3. The van der Waals surface area contributed by atoms with Crippen LogP contribution in [0.5, 0.6) is 5.75 Å². The smallest absolute Gasteiger partial charge is 0.230 e. The molecule has 2 heterocycles. The van der Waals surface area contributed by atoms with Crippen LogP contribution in [0.3, 0.4) is 0 Å². The molecule has 0 unspecified atom stereocenters. The summed E-state index contributed by atoms with van der Waals surface area (Å²) in [5, 5.41) is 11.8. The highest BCUT2D eigenvalue weighted by molar-refractivity contribution is 5.63. The average molecular weight is 447 g/mol. The zero-order valence-corrected chi connectivity index (χ0v) is 19.7.